The number of phenolic OH excluding ortho intramolecular Hbond substituents is 1. The van der Waals surface area contributed by atoms with Gasteiger partial charge in [-0.1, -0.05) is 48.5 Å². The van der Waals surface area contributed by atoms with E-state index in [1.54, 1.807) is 20.3 Å². The van der Waals surface area contributed by atoms with Gasteiger partial charge in [-0.2, -0.15) is 0 Å². The molecule has 25 heavy (non-hydrogen) atoms. The van der Waals surface area contributed by atoms with Gasteiger partial charge < -0.3 is 14.6 Å². The molecule has 0 unspecified atom stereocenters. The maximum Gasteiger partial charge on any atom is 0.160 e. The Kier molecular flexibility index (Phi) is 5.24. The van der Waals surface area contributed by atoms with Crippen LogP contribution in [0.25, 0.3) is 11.1 Å². The van der Waals surface area contributed by atoms with E-state index in [-0.39, 0.29) is 5.75 Å². The van der Waals surface area contributed by atoms with E-state index in [9.17, 15) is 5.11 Å². The van der Waals surface area contributed by atoms with Crippen LogP contribution in [0.2, 0.25) is 0 Å². The summed E-state index contributed by atoms with van der Waals surface area (Å²) in [5.74, 6) is 1.56. The monoisotopic (exact) mass is 334 g/mol. The Labute approximate surface area is 148 Å². The highest BCUT2D eigenvalue weighted by Crippen LogP contribution is 2.33. The third-order valence-corrected chi connectivity index (χ3v) is 4.35. The molecule has 0 atom stereocenters. The molecule has 0 radical (unpaired) electrons. The molecule has 0 aliphatic rings. The van der Waals surface area contributed by atoms with Gasteiger partial charge in [-0.05, 0) is 47.7 Å². The number of hydrogen-bond donors (Lipinski definition) is 1. The largest absolute Gasteiger partial charge is 0.504 e. The molecular formula is C22H22O3. The van der Waals surface area contributed by atoms with Gasteiger partial charge in [0.05, 0.1) is 14.2 Å². The highest BCUT2D eigenvalue weighted by atomic mass is 16.5. The van der Waals surface area contributed by atoms with E-state index in [0.717, 1.165) is 24.2 Å². The fourth-order valence-corrected chi connectivity index (χ4v) is 3.05. The van der Waals surface area contributed by atoms with Crippen molar-refractivity contribution < 1.29 is 14.6 Å². The van der Waals surface area contributed by atoms with Crippen molar-refractivity contribution >= 4 is 0 Å². The van der Waals surface area contributed by atoms with Crippen LogP contribution in [0.15, 0.2) is 66.7 Å². The molecule has 0 aliphatic heterocycles. The lowest BCUT2D eigenvalue weighted by molar-refractivity contribution is 0.373. The molecule has 0 saturated carbocycles. The molecule has 0 aliphatic carbocycles. The molecule has 0 bridgehead atoms. The topological polar surface area (TPSA) is 38.7 Å². The molecule has 1 N–H and O–H groups in total. The van der Waals surface area contributed by atoms with E-state index < -0.39 is 0 Å². The minimum atomic E-state index is 0.161. The Morgan fingerprint density at radius 2 is 1.52 bits per heavy atom. The summed E-state index contributed by atoms with van der Waals surface area (Å²) in [4.78, 5) is 0. The number of ether oxygens (including phenoxy) is 2. The molecule has 0 fully saturated rings. The maximum absolute atomic E-state index is 9.75. The average Bonchev–Trinajstić information content (AvgIpc) is 2.67. The van der Waals surface area contributed by atoms with Gasteiger partial charge in [-0.25, -0.2) is 0 Å². The molecule has 0 heterocycles. The van der Waals surface area contributed by atoms with Crippen LogP contribution >= 0.6 is 0 Å². The highest BCUT2D eigenvalue weighted by Gasteiger charge is 2.11. The van der Waals surface area contributed by atoms with Crippen LogP contribution < -0.4 is 9.47 Å². The molecule has 0 saturated heterocycles. The zero-order valence-electron chi connectivity index (χ0n) is 14.5. The molecule has 0 amide bonds. The van der Waals surface area contributed by atoms with Gasteiger partial charge in [0.15, 0.2) is 11.5 Å². The van der Waals surface area contributed by atoms with E-state index in [0.29, 0.717) is 5.75 Å². The fourth-order valence-electron chi connectivity index (χ4n) is 3.05. The van der Waals surface area contributed by atoms with Gasteiger partial charge in [0.25, 0.3) is 0 Å². The molecule has 3 aromatic carbocycles. The van der Waals surface area contributed by atoms with Crippen LogP contribution in [-0.2, 0) is 12.8 Å². The van der Waals surface area contributed by atoms with Crippen molar-refractivity contribution in [2.75, 3.05) is 14.2 Å². The summed E-state index contributed by atoms with van der Waals surface area (Å²) in [5.41, 5.74) is 4.66. The predicted octanol–water partition coefficient (Wildman–Crippen LogP) is 4.86. The SMILES string of the molecule is COc1cc(CCc2c(OC)cccc2-c2ccccc2)ccc1O. The summed E-state index contributed by atoms with van der Waals surface area (Å²) in [5, 5.41) is 9.75. The third kappa shape index (κ3) is 3.77. The number of phenols is 1. The lowest BCUT2D eigenvalue weighted by Crippen LogP contribution is -1.99. The second kappa shape index (κ2) is 7.75. The van der Waals surface area contributed by atoms with Crippen molar-refractivity contribution in [1.29, 1.82) is 0 Å². The first kappa shape index (κ1) is 16.9. The zero-order valence-corrected chi connectivity index (χ0v) is 14.5. The van der Waals surface area contributed by atoms with Gasteiger partial charge in [0.2, 0.25) is 0 Å². The molecular weight excluding hydrogens is 312 g/mol. The van der Waals surface area contributed by atoms with Crippen molar-refractivity contribution in [2.24, 2.45) is 0 Å². The smallest absolute Gasteiger partial charge is 0.160 e. The molecule has 3 nitrogen and oxygen atoms in total. The van der Waals surface area contributed by atoms with Gasteiger partial charge in [-0.3, -0.25) is 0 Å². The number of aromatic hydroxyl groups is 1. The minimum Gasteiger partial charge on any atom is -0.504 e. The quantitative estimate of drug-likeness (QED) is 0.699. The van der Waals surface area contributed by atoms with Crippen molar-refractivity contribution in [3.05, 3.63) is 77.9 Å². The first-order valence-corrected chi connectivity index (χ1v) is 8.30. The van der Waals surface area contributed by atoms with E-state index in [1.807, 2.05) is 42.5 Å². The number of methoxy groups -OCH3 is 2. The van der Waals surface area contributed by atoms with Crippen molar-refractivity contribution in [3.63, 3.8) is 0 Å². The summed E-state index contributed by atoms with van der Waals surface area (Å²) in [6.07, 6.45) is 1.67. The van der Waals surface area contributed by atoms with E-state index in [2.05, 4.69) is 18.2 Å². The highest BCUT2D eigenvalue weighted by molar-refractivity contribution is 5.70. The van der Waals surface area contributed by atoms with Crippen LogP contribution in [-0.4, -0.2) is 19.3 Å². The molecule has 128 valence electrons. The summed E-state index contributed by atoms with van der Waals surface area (Å²) in [7, 11) is 3.27. The standard InChI is InChI=1S/C22H22O3/c1-24-21-10-6-9-18(17-7-4-3-5-8-17)19(21)13-11-16-12-14-20(23)22(15-16)25-2/h3-10,12,14-15,23H,11,13H2,1-2H3. The van der Waals surface area contributed by atoms with Gasteiger partial charge in [0.1, 0.15) is 5.75 Å². The van der Waals surface area contributed by atoms with Crippen LogP contribution in [0, 0.1) is 0 Å². The Balaban J connectivity index is 1.91. The number of hydrogen-bond acceptors (Lipinski definition) is 3. The van der Waals surface area contributed by atoms with Crippen molar-refractivity contribution in [1.82, 2.24) is 0 Å². The second-order valence-electron chi connectivity index (χ2n) is 5.86. The van der Waals surface area contributed by atoms with Gasteiger partial charge in [-0.15, -0.1) is 0 Å². The number of rotatable bonds is 6. The lowest BCUT2D eigenvalue weighted by atomic mass is 9.94. The Hall–Kier alpha value is -2.94. The number of aryl methyl sites for hydroxylation is 1. The van der Waals surface area contributed by atoms with E-state index >= 15 is 0 Å². The van der Waals surface area contributed by atoms with Crippen molar-refractivity contribution in [2.45, 2.75) is 12.8 Å². The predicted molar refractivity (Wildman–Crippen MR) is 100 cm³/mol. The summed E-state index contributed by atoms with van der Waals surface area (Å²) >= 11 is 0. The second-order valence-corrected chi connectivity index (χ2v) is 5.86. The third-order valence-electron chi connectivity index (χ3n) is 4.35. The molecule has 0 spiro atoms. The van der Waals surface area contributed by atoms with Crippen molar-refractivity contribution in [3.8, 4) is 28.4 Å². The summed E-state index contributed by atoms with van der Waals surface area (Å²) < 4.78 is 10.8. The van der Waals surface area contributed by atoms with Crippen LogP contribution in [0.5, 0.6) is 17.2 Å². The molecule has 3 rings (SSSR count). The Morgan fingerprint density at radius 3 is 2.24 bits per heavy atom. The van der Waals surface area contributed by atoms with Crippen LogP contribution in [0.4, 0.5) is 0 Å². The Morgan fingerprint density at radius 1 is 0.760 bits per heavy atom. The minimum absolute atomic E-state index is 0.161. The Bertz CT molecular complexity index is 841. The summed E-state index contributed by atoms with van der Waals surface area (Å²) in [6, 6.07) is 22.0. The van der Waals surface area contributed by atoms with Crippen LogP contribution in [0.1, 0.15) is 11.1 Å². The summed E-state index contributed by atoms with van der Waals surface area (Å²) in [6.45, 7) is 0. The first-order chi connectivity index (χ1) is 12.2. The maximum atomic E-state index is 9.75. The molecule has 3 aromatic rings. The van der Waals surface area contributed by atoms with Crippen LogP contribution in [0.3, 0.4) is 0 Å². The molecule has 3 heteroatoms. The normalized spacial score (nSPS) is 10.5. The first-order valence-electron chi connectivity index (χ1n) is 8.30. The van der Waals surface area contributed by atoms with E-state index in [4.69, 9.17) is 9.47 Å². The molecule has 0 aromatic heterocycles. The fraction of sp³-hybridized carbons (Fsp3) is 0.182. The van der Waals surface area contributed by atoms with Gasteiger partial charge in [0, 0.05) is 5.56 Å². The zero-order chi connectivity index (χ0) is 17.6. The average molecular weight is 334 g/mol. The van der Waals surface area contributed by atoms with Gasteiger partial charge >= 0.3 is 0 Å². The van der Waals surface area contributed by atoms with E-state index in [1.165, 1.54) is 16.7 Å². The lowest BCUT2D eigenvalue weighted by Gasteiger charge is -2.15. The number of benzene rings is 3.